The molecule has 0 saturated carbocycles. The molecule has 2 aromatic rings. The zero-order valence-corrected chi connectivity index (χ0v) is 17.0. The maximum Gasteiger partial charge on any atom is 0.430 e. The normalized spacial score (nSPS) is 15.3. The van der Waals surface area contributed by atoms with Crippen molar-refractivity contribution >= 4 is 17.6 Å². The monoisotopic (exact) mass is 442 g/mol. The van der Waals surface area contributed by atoms with Gasteiger partial charge in [0.1, 0.15) is 11.9 Å². The lowest BCUT2D eigenvalue weighted by Gasteiger charge is -2.35. The standard InChI is InChI=1S/C21H22F4N2O4/c1-13(17(18(28)30-2)27-16-11-9-15(22)10-12-16)26-19(29)20(31-3,21(23,24)25)14-7-5-4-6-8-14/h4-13,17,27H,1-3H3,(H,26,29)/t13-,17+,20+/m0/s1. The van der Waals surface area contributed by atoms with Gasteiger partial charge in [-0.1, -0.05) is 30.3 Å². The van der Waals surface area contributed by atoms with Gasteiger partial charge in [0.15, 0.2) is 0 Å². The molecule has 0 aliphatic rings. The van der Waals surface area contributed by atoms with Crippen LogP contribution in [0.3, 0.4) is 0 Å². The molecule has 0 bridgehead atoms. The maximum absolute atomic E-state index is 14.0. The number of amides is 1. The first-order valence-electron chi connectivity index (χ1n) is 9.15. The summed E-state index contributed by atoms with van der Waals surface area (Å²) in [6.45, 7) is 1.33. The molecule has 10 heteroatoms. The van der Waals surface area contributed by atoms with Gasteiger partial charge in [-0.3, -0.25) is 4.79 Å². The average molecular weight is 442 g/mol. The highest BCUT2D eigenvalue weighted by Crippen LogP contribution is 2.42. The Morgan fingerprint density at radius 2 is 1.55 bits per heavy atom. The summed E-state index contributed by atoms with van der Waals surface area (Å²) in [6, 6.07) is 8.94. The fourth-order valence-electron chi connectivity index (χ4n) is 3.06. The number of hydrogen-bond donors (Lipinski definition) is 2. The number of alkyl halides is 3. The number of methoxy groups -OCH3 is 2. The first-order valence-corrected chi connectivity index (χ1v) is 9.15. The molecule has 2 aromatic carbocycles. The Bertz CT molecular complexity index is 891. The van der Waals surface area contributed by atoms with Gasteiger partial charge in [-0.2, -0.15) is 13.2 Å². The van der Waals surface area contributed by atoms with Crippen molar-refractivity contribution in [3.8, 4) is 0 Å². The smallest absolute Gasteiger partial charge is 0.430 e. The van der Waals surface area contributed by atoms with Gasteiger partial charge in [0.05, 0.1) is 13.2 Å². The van der Waals surface area contributed by atoms with Crippen LogP contribution in [-0.2, 0) is 24.7 Å². The van der Waals surface area contributed by atoms with E-state index in [1.54, 1.807) is 0 Å². The molecule has 0 fully saturated rings. The van der Waals surface area contributed by atoms with Crippen molar-refractivity contribution in [3.05, 3.63) is 66.0 Å². The molecule has 0 unspecified atom stereocenters. The van der Waals surface area contributed by atoms with Crippen LogP contribution in [0.2, 0.25) is 0 Å². The van der Waals surface area contributed by atoms with E-state index in [9.17, 15) is 27.2 Å². The van der Waals surface area contributed by atoms with Gasteiger partial charge in [0.2, 0.25) is 0 Å². The van der Waals surface area contributed by atoms with Crippen molar-refractivity contribution in [3.63, 3.8) is 0 Å². The highest BCUT2D eigenvalue weighted by atomic mass is 19.4. The molecule has 0 radical (unpaired) electrons. The van der Waals surface area contributed by atoms with Crippen molar-refractivity contribution in [2.24, 2.45) is 0 Å². The van der Waals surface area contributed by atoms with Crippen LogP contribution >= 0.6 is 0 Å². The number of benzene rings is 2. The molecule has 31 heavy (non-hydrogen) atoms. The molecular formula is C21H22F4N2O4. The third-order valence-corrected chi connectivity index (χ3v) is 4.69. The van der Waals surface area contributed by atoms with Gasteiger partial charge in [-0.15, -0.1) is 0 Å². The second-order valence-corrected chi connectivity index (χ2v) is 6.66. The topological polar surface area (TPSA) is 76.7 Å². The number of nitrogens with one attached hydrogen (secondary N) is 2. The second kappa shape index (κ2) is 9.78. The number of ether oxygens (including phenoxy) is 2. The van der Waals surface area contributed by atoms with Crippen LogP contribution in [0, 0.1) is 5.82 Å². The van der Waals surface area contributed by atoms with Crippen LogP contribution in [0.1, 0.15) is 12.5 Å². The van der Waals surface area contributed by atoms with Crippen LogP contribution in [0.4, 0.5) is 23.2 Å². The van der Waals surface area contributed by atoms with Crippen molar-refractivity contribution in [2.75, 3.05) is 19.5 Å². The number of rotatable bonds is 8. The van der Waals surface area contributed by atoms with Gasteiger partial charge < -0.3 is 20.1 Å². The van der Waals surface area contributed by atoms with E-state index in [0.717, 1.165) is 38.5 Å². The van der Waals surface area contributed by atoms with Gasteiger partial charge >= 0.3 is 12.1 Å². The van der Waals surface area contributed by atoms with Crippen LogP contribution in [0.25, 0.3) is 0 Å². The summed E-state index contributed by atoms with van der Waals surface area (Å²) in [5.41, 5.74) is -3.41. The van der Waals surface area contributed by atoms with Crippen LogP contribution < -0.4 is 10.6 Å². The van der Waals surface area contributed by atoms with Crippen molar-refractivity contribution in [1.29, 1.82) is 0 Å². The van der Waals surface area contributed by atoms with E-state index in [1.807, 2.05) is 0 Å². The Labute approximate surface area is 176 Å². The largest absolute Gasteiger partial charge is 0.467 e. The Morgan fingerprint density at radius 3 is 2.03 bits per heavy atom. The fraction of sp³-hybridized carbons (Fsp3) is 0.333. The minimum Gasteiger partial charge on any atom is -0.467 e. The van der Waals surface area contributed by atoms with Crippen LogP contribution in [0.15, 0.2) is 54.6 Å². The molecule has 6 nitrogen and oxygen atoms in total. The second-order valence-electron chi connectivity index (χ2n) is 6.66. The molecule has 2 N–H and O–H groups in total. The summed E-state index contributed by atoms with van der Waals surface area (Å²) >= 11 is 0. The molecule has 0 saturated heterocycles. The minimum atomic E-state index is -5.10. The lowest BCUT2D eigenvalue weighted by atomic mass is 9.91. The SMILES string of the molecule is COC(=O)[C@H](Nc1ccc(F)cc1)[C@H](C)NC(=O)[C@](OC)(c1ccccc1)C(F)(F)F. The zero-order valence-electron chi connectivity index (χ0n) is 17.0. The van der Waals surface area contributed by atoms with Gasteiger partial charge in [0.25, 0.3) is 11.5 Å². The van der Waals surface area contributed by atoms with E-state index in [-0.39, 0.29) is 0 Å². The molecule has 3 atom stereocenters. The summed E-state index contributed by atoms with van der Waals surface area (Å²) in [5, 5.41) is 4.93. The first-order chi connectivity index (χ1) is 14.6. The lowest BCUT2D eigenvalue weighted by molar-refractivity contribution is -0.266. The third-order valence-electron chi connectivity index (χ3n) is 4.69. The van der Waals surface area contributed by atoms with E-state index in [2.05, 4.69) is 10.6 Å². The Balaban J connectivity index is 2.35. The van der Waals surface area contributed by atoms with Crippen molar-refractivity contribution in [2.45, 2.75) is 30.8 Å². The van der Waals surface area contributed by atoms with E-state index in [0.29, 0.717) is 5.69 Å². The number of halogens is 4. The maximum atomic E-state index is 14.0. The zero-order chi connectivity index (χ0) is 23.2. The fourth-order valence-corrected chi connectivity index (χ4v) is 3.06. The summed E-state index contributed by atoms with van der Waals surface area (Å²) in [5.74, 6) is -2.86. The molecule has 2 rings (SSSR count). The van der Waals surface area contributed by atoms with Gasteiger partial charge in [-0.25, -0.2) is 9.18 Å². The number of anilines is 1. The summed E-state index contributed by atoms with van der Waals surface area (Å²) in [6.07, 6.45) is -5.10. The quantitative estimate of drug-likeness (QED) is 0.484. The first kappa shape index (κ1) is 24.1. The van der Waals surface area contributed by atoms with E-state index in [4.69, 9.17) is 9.47 Å². The number of hydrogen-bond acceptors (Lipinski definition) is 5. The molecule has 0 spiro atoms. The van der Waals surface area contributed by atoms with E-state index < -0.39 is 47.1 Å². The van der Waals surface area contributed by atoms with Crippen LogP contribution in [0.5, 0.6) is 0 Å². The molecular weight excluding hydrogens is 420 g/mol. The Kier molecular flexibility index (Phi) is 7.61. The number of carbonyl (C=O) groups excluding carboxylic acids is 2. The van der Waals surface area contributed by atoms with E-state index in [1.165, 1.54) is 37.3 Å². The highest BCUT2D eigenvalue weighted by Gasteiger charge is 2.63. The Hall–Kier alpha value is -3.14. The van der Waals surface area contributed by atoms with Crippen molar-refractivity contribution < 1.29 is 36.6 Å². The molecule has 1 amide bonds. The third kappa shape index (κ3) is 5.13. The summed E-state index contributed by atoms with van der Waals surface area (Å²) in [4.78, 5) is 25.1. The van der Waals surface area contributed by atoms with Gasteiger partial charge in [-0.05, 0) is 31.2 Å². The molecule has 0 aromatic heterocycles. The van der Waals surface area contributed by atoms with Gasteiger partial charge in [0, 0.05) is 18.4 Å². The Morgan fingerprint density at radius 1 is 0.968 bits per heavy atom. The van der Waals surface area contributed by atoms with Crippen LogP contribution in [-0.4, -0.2) is 44.4 Å². The predicted octanol–water partition coefficient (Wildman–Crippen LogP) is 3.39. The molecule has 168 valence electrons. The highest BCUT2D eigenvalue weighted by molar-refractivity contribution is 5.89. The summed E-state index contributed by atoms with van der Waals surface area (Å²) < 4.78 is 64.7. The number of carbonyl (C=O) groups is 2. The molecule has 0 aliphatic carbocycles. The molecule has 0 heterocycles. The number of esters is 1. The van der Waals surface area contributed by atoms with Crippen molar-refractivity contribution in [1.82, 2.24) is 5.32 Å². The average Bonchev–Trinajstić information content (AvgIpc) is 2.73. The minimum absolute atomic E-state index is 0.301. The lowest BCUT2D eigenvalue weighted by Crippen LogP contribution is -2.60. The predicted molar refractivity (Wildman–Crippen MR) is 105 cm³/mol. The molecule has 0 aliphatic heterocycles. The summed E-state index contributed by atoms with van der Waals surface area (Å²) in [7, 11) is 1.87. The van der Waals surface area contributed by atoms with E-state index >= 15 is 0 Å².